The molecule has 0 saturated heterocycles. The van der Waals surface area contributed by atoms with Gasteiger partial charge in [-0.15, -0.1) is 0 Å². The van der Waals surface area contributed by atoms with Gasteiger partial charge in [0.05, 0.1) is 4.47 Å². The lowest BCUT2D eigenvalue weighted by Crippen LogP contribution is -2.48. The molecule has 0 aliphatic carbocycles. The van der Waals surface area contributed by atoms with Crippen LogP contribution in [0.2, 0.25) is 0 Å². The molecule has 1 nitrogen and oxygen atoms in total. The van der Waals surface area contributed by atoms with Gasteiger partial charge in [0.15, 0.2) is 0 Å². The van der Waals surface area contributed by atoms with Crippen molar-refractivity contribution >= 4 is 15.9 Å². The molecule has 0 aromatic heterocycles. The molecule has 0 spiro atoms. The van der Waals surface area contributed by atoms with Gasteiger partial charge in [0.25, 0.3) is 12.9 Å². The summed E-state index contributed by atoms with van der Waals surface area (Å²) < 4.78 is 100. The van der Waals surface area contributed by atoms with Gasteiger partial charge in [-0.05, 0) is 28.1 Å². The lowest BCUT2D eigenvalue weighted by molar-refractivity contribution is -0.305. The van der Waals surface area contributed by atoms with Crippen LogP contribution in [-0.4, -0.2) is 17.7 Å². The second kappa shape index (κ2) is 5.47. The second-order valence-corrected chi connectivity index (χ2v) is 4.52. The van der Waals surface area contributed by atoms with Gasteiger partial charge in [-0.1, -0.05) is 0 Å². The number of halogens is 9. The van der Waals surface area contributed by atoms with E-state index in [2.05, 4.69) is 15.9 Å². The van der Waals surface area contributed by atoms with Crippen molar-refractivity contribution in [2.75, 3.05) is 0 Å². The number of aliphatic hydroxyl groups is 1. The standard InChI is InChI=1S/C10H5BrF8O/c11-6-4(7(13)14)1-3(2-5(6)12)9(20,8(15)16)10(17,18)19/h1-2,7-8,20H. The Hall–Kier alpha value is -0.900. The fourth-order valence-corrected chi connectivity index (χ4v) is 1.80. The normalized spacial score (nSPS) is 15.8. The summed E-state index contributed by atoms with van der Waals surface area (Å²) >= 11 is 2.36. The Morgan fingerprint density at radius 2 is 1.55 bits per heavy atom. The summed E-state index contributed by atoms with van der Waals surface area (Å²) in [7, 11) is 0. The number of hydrogen-bond donors (Lipinski definition) is 1. The van der Waals surface area contributed by atoms with Crippen LogP contribution in [0.1, 0.15) is 17.6 Å². The summed E-state index contributed by atoms with van der Waals surface area (Å²) in [5, 5.41) is 9.12. The smallest absolute Gasteiger partial charge is 0.372 e. The largest absolute Gasteiger partial charge is 0.427 e. The third-order valence-electron chi connectivity index (χ3n) is 2.48. The minimum Gasteiger partial charge on any atom is -0.372 e. The summed E-state index contributed by atoms with van der Waals surface area (Å²) in [6, 6.07) is -0.0902. The van der Waals surface area contributed by atoms with Crippen LogP contribution in [0.5, 0.6) is 0 Å². The van der Waals surface area contributed by atoms with E-state index in [0.717, 1.165) is 0 Å². The molecule has 0 aliphatic rings. The zero-order chi connectivity index (χ0) is 15.9. The van der Waals surface area contributed by atoms with Crippen LogP contribution in [0.4, 0.5) is 35.1 Å². The molecule has 1 N–H and O–H groups in total. The van der Waals surface area contributed by atoms with E-state index in [1.807, 2.05) is 0 Å². The maximum atomic E-state index is 13.3. The molecule has 0 fully saturated rings. The fraction of sp³-hybridized carbons (Fsp3) is 0.400. The van der Waals surface area contributed by atoms with Crippen molar-refractivity contribution in [3.8, 4) is 0 Å². The van der Waals surface area contributed by atoms with Gasteiger partial charge in [0.2, 0.25) is 5.60 Å². The highest BCUT2D eigenvalue weighted by atomic mass is 79.9. The molecule has 0 bridgehead atoms. The number of alkyl halides is 7. The van der Waals surface area contributed by atoms with E-state index in [1.54, 1.807) is 0 Å². The minimum absolute atomic E-state index is 0.0164. The summed E-state index contributed by atoms with van der Waals surface area (Å²) in [6.45, 7) is 0. The van der Waals surface area contributed by atoms with Gasteiger partial charge in [-0.2, -0.15) is 13.2 Å². The molecule has 1 unspecified atom stereocenters. The monoisotopic (exact) mass is 372 g/mol. The van der Waals surface area contributed by atoms with E-state index < -0.39 is 46.0 Å². The van der Waals surface area contributed by atoms with Crippen molar-refractivity contribution in [2.45, 2.75) is 24.6 Å². The zero-order valence-corrected chi connectivity index (χ0v) is 10.7. The first-order chi connectivity index (χ1) is 8.92. The third-order valence-corrected chi connectivity index (χ3v) is 3.32. The highest BCUT2D eigenvalue weighted by molar-refractivity contribution is 9.10. The molecule has 1 atom stereocenters. The predicted octanol–water partition coefficient (Wildman–Crippen LogP) is 4.54. The summed E-state index contributed by atoms with van der Waals surface area (Å²) in [4.78, 5) is 0. The van der Waals surface area contributed by atoms with Crippen LogP contribution in [0.25, 0.3) is 0 Å². The summed E-state index contributed by atoms with van der Waals surface area (Å²) in [6.07, 6.45) is -13.7. The Labute approximate surface area is 115 Å². The van der Waals surface area contributed by atoms with Gasteiger partial charge in [-0.3, -0.25) is 0 Å². The Morgan fingerprint density at radius 1 is 1.05 bits per heavy atom. The first kappa shape index (κ1) is 17.2. The van der Waals surface area contributed by atoms with E-state index in [0.29, 0.717) is 0 Å². The Bertz CT molecular complexity index is 501. The van der Waals surface area contributed by atoms with Crippen LogP contribution in [-0.2, 0) is 5.60 Å². The van der Waals surface area contributed by atoms with Gasteiger partial charge in [0, 0.05) is 11.1 Å². The highest BCUT2D eigenvalue weighted by Crippen LogP contribution is 2.45. The molecule has 1 aromatic carbocycles. The van der Waals surface area contributed by atoms with E-state index in [4.69, 9.17) is 5.11 Å². The summed E-state index contributed by atoms with van der Waals surface area (Å²) in [5.74, 6) is -1.62. The molecule has 10 heteroatoms. The molecule has 0 aliphatic heterocycles. The van der Waals surface area contributed by atoms with E-state index in [-0.39, 0.29) is 12.1 Å². The maximum absolute atomic E-state index is 13.3. The van der Waals surface area contributed by atoms with E-state index in [9.17, 15) is 35.1 Å². The molecule has 20 heavy (non-hydrogen) atoms. The van der Waals surface area contributed by atoms with Crippen molar-refractivity contribution in [1.29, 1.82) is 0 Å². The molecule has 0 saturated carbocycles. The topological polar surface area (TPSA) is 20.2 Å². The van der Waals surface area contributed by atoms with Crippen molar-refractivity contribution in [3.63, 3.8) is 0 Å². The quantitative estimate of drug-likeness (QED) is 0.772. The lowest BCUT2D eigenvalue weighted by Gasteiger charge is -2.30. The van der Waals surface area contributed by atoms with Crippen molar-refractivity contribution < 1.29 is 40.2 Å². The van der Waals surface area contributed by atoms with Crippen LogP contribution in [0, 0.1) is 5.82 Å². The minimum atomic E-state index is -5.87. The van der Waals surface area contributed by atoms with E-state index in [1.165, 1.54) is 0 Å². The molecule has 1 rings (SSSR count). The maximum Gasteiger partial charge on any atom is 0.427 e. The highest BCUT2D eigenvalue weighted by Gasteiger charge is 2.62. The van der Waals surface area contributed by atoms with Gasteiger partial charge in [0.1, 0.15) is 5.82 Å². The van der Waals surface area contributed by atoms with Crippen LogP contribution in [0.15, 0.2) is 16.6 Å². The molecule has 0 amide bonds. The molecule has 1 aromatic rings. The Balaban J connectivity index is 3.60. The van der Waals surface area contributed by atoms with Crippen LogP contribution >= 0.6 is 15.9 Å². The average molecular weight is 373 g/mol. The third kappa shape index (κ3) is 2.76. The molecule has 0 radical (unpaired) electrons. The fourth-order valence-electron chi connectivity index (χ4n) is 1.40. The number of benzene rings is 1. The van der Waals surface area contributed by atoms with E-state index >= 15 is 0 Å². The van der Waals surface area contributed by atoms with Crippen molar-refractivity contribution in [3.05, 3.63) is 33.5 Å². The molecular formula is C10H5BrF8O. The average Bonchev–Trinajstić information content (AvgIpc) is 2.29. The SMILES string of the molecule is OC(c1cc(F)c(Br)c(C(F)F)c1)(C(F)F)C(F)(F)F. The summed E-state index contributed by atoms with van der Waals surface area (Å²) in [5.41, 5.74) is -7.71. The van der Waals surface area contributed by atoms with Crippen molar-refractivity contribution in [2.24, 2.45) is 0 Å². The Morgan fingerprint density at radius 3 is 1.90 bits per heavy atom. The van der Waals surface area contributed by atoms with Gasteiger partial charge >= 0.3 is 6.18 Å². The zero-order valence-electron chi connectivity index (χ0n) is 9.16. The number of rotatable bonds is 3. The van der Waals surface area contributed by atoms with Crippen LogP contribution in [0.3, 0.4) is 0 Å². The second-order valence-electron chi connectivity index (χ2n) is 3.73. The first-order valence-corrected chi connectivity index (χ1v) is 5.57. The van der Waals surface area contributed by atoms with Gasteiger partial charge < -0.3 is 5.11 Å². The molecule has 0 heterocycles. The van der Waals surface area contributed by atoms with Gasteiger partial charge in [-0.25, -0.2) is 22.0 Å². The predicted molar refractivity (Wildman–Crippen MR) is 55.0 cm³/mol. The van der Waals surface area contributed by atoms with Crippen molar-refractivity contribution in [1.82, 2.24) is 0 Å². The number of hydrogen-bond acceptors (Lipinski definition) is 1. The Kier molecular flexibility index (Phi) is 4.69. The lowest BCUT2D eigenvalue weighted by atomic mass is 9.92. The molecular weight excluding hydrogens is 368 g/mol. The molecule has 114 valence electrons. The first-order valence-electron chi connectivity index (χ1n) is 4.77. The van der Waals surface area contributed by atoms with Crippen LogP contribution < -0.4 is 0 Å².